The molecule has 7 nitrogen and oxygen atoms in total. The van der Waals surface area contributed by atoms with Gasteiger partial charge in [0.2, 0.25) is 11.8 Å². The molecule has 0 rings (SSSR count). The summed E-state index contributed by atoms with van der Waals surface area (Å²) in [6.07, 6.45) is 4.20. The van der Waals surface area contributed by atoms with Gasteiger partial charge in [0, 0.05) is 0 Å². The fraction of sp³-hybridized carbons (Fsp3) is 0.833. The molecule has 2 atom stereocenters. The molecule has 0 aromatic carbocycles. The predicted octanol–water partition coefficient (Wildman–Crippen LogP) is -1.46. The first-order valence-corrected chi connectivity index (χ1v) is 6.78. The first kappa shape index (κ1) is 17.8. The Kier molecular flexibility index (Phi) is 10.1. The maximum atomic E-state index is 11.8. The number of unbranched alkanes of at least 4 members (excludes halogenated alkanes) is 2. The Morgan fingerprint density at radius 2 is 1.47 bits per heavy atom. The standard InChI is InChI=1S/C12H27N5O2/c13-7-3-1-5-9(15)12(19)17-10(11(16)18)6-2-4-8-14/h9-10H,1-8,13-15H2,(H2,16,18)(H,17,19)/t9-,10?/m0/s1. The van der Waals surface area contributed by atoms with E-state index in [-0.39, 0.29) is 5.91 Å². The molecule has 7 heteroatoms. The predicted molar refractivity (Wildman–Crippen MR) is 74.9 cm³/mol. The summed E-state index contributed by atoms with van der Waals surface area (Å²) in [6.45, 7) is 1.13. The highest BCUT2D eigenvalue weighted by molar-refractivity contribution is 5.88. The minimum Gasteiger partial charge on any atom is -0.368 e. The van der Waals surface area contributed by atoms with Crippen molar-refractivity contribution in [1.82, 2.24) is 5.32 Å². The molecule has 0 aliphatic carbocycles. The molecular formula is C12H27N5O2. The number of nitrogens with one attached hydrogen (secondary N) is 1. The third kappa shape index (κ3) is 8.52. The van der Waals surface area contributed by atoms with Crippen LogP contribution in [0.25, 0.3) is 0 Å². The molecule has 0 radical (unpaired) electrons. The topological polar surface area (TPSA) is 150 Å². The zero-order chi connectivity index (χ0) is 14.7. The number of primary amides is 1. The fourth-order valence-corrected chi connectivity index (χ4v) is 1.70. The van der Waals surface area contributed by atoms with Crippen LogP contribution in [0.15, 0.2) is 0 Å². The van der Waals surface area contributed by atoms with Crippen LogP contribution in [0.2, 0.25) is 0 Å². The van der Waals surface area contributed by atoms with Crippen LogP contribution in [0.3, 0.4) is 0 Å². The van der Waals surface area contributed by atoms with Crippen molar-refractivity contribution in [2.75, 3.05) is 13.1 Å². The zero-order valence-corrected chi connectivity index (χ0v) is 11.4. The van der Waals surface area contributed by atoms with Crippen molar-refractivity contribution in [3.63, 3.8) is 0 Å². The maximum absolute atomic E-state index is 11.8. The van der Waals surface area contributed by atoms with Crippen LogP contribution < -0.4 is 28.3 Å². The second kappa shape index (κ2) is 10.7. The molecule has 0 aliphatic heterocycles. The minimum absolute atomic E-state index is 0.339. The van der Waals surface area contributed by atoms with E-state index in [1.54, 1.807) is 0 Å². The molecule has 0 fully saturated rings. The van der Waals surface area contributed by atoms with E-state index in [2.05, 4.69) is 5.32 Å². The molecule has 1 unspecified atom stereocenters. The van der Waals surface area contributed by atoms with Gasteiger partial charge < -0.3 is 28.3 Å². The third-order valence-corrected chi connectivity index (χ3v) is 2.91. The molecule has 0 aliphatic rings. The molecule has 0 saturated carbocycles. The smallest absolute Gasteiger partial charge is 0.240 e. The van der Waals surface area contributed by atoms with Gasteiger partial charge in [0.25, 0.3) is 0 Å². The number of hydrogen-bond donors (Lipinski definition) is 5. The van der Waals surface area contributed by atoms with E-state index in [1.807, 2.05) is 0 Å². The van der Waals surface area contributed by atoms with Crippen molar-refractivity contribution in [1.29, 1.82) is 0 Å². The number of carbonyl (C=O) groups excluding carboxylic acids is 2. The van der Waals surface area contributed by atoms with Crippen molar-refractivity contribution in [2.24, 2.45) is 22.9 Å². The number of rotatable bonds is 11. The Labute approximate surface area is 114 Å². The molecule has 19 heavy (non-hydrogen) atoms. The molecule has 0 bridgehead atoms. The highest BCUT2D eigenvalue weighted by atomic mass is 16.2. The van der Waals surface area contributed by atoms with Crippen LogP contribution >= 0.6 is 0 Å². The van der Waals surface area contributed by atoms with Gasteiger partial charge in [0.15, 0.2) is 0 Å². The Hall–Kier alpha value is -1.18. The average molecular weight is 273 g/mol. The van der Waals surface area contributed by atoms with Crippen LogP contribution in [0, 0.1) is 0 Å². The van der Waals surface area contributed by atoms with Gasteiger partial charge in [-0.1, -0.05) is 6.42 Å². The Morgan fingerprint density at radius 1 is 0.947 bits per heavy atom. The largest absolute Gasteiger partial charge is 0.368 e. The van der Waals surface area contributed by atoms with Gasteiger partial charge in [-0.2, -0.15) is 0 Å². The Morgan fingerprint density at radius 3 is 1.95 bits per heavy atom. The van der Waals surface area contributed by atoms with Gasteiger partial charge in [-0.15, -0.1) is 0 Å². The summed E-state index contributed by atoms with van der Waals surface area (Å²) in [5.41, 5.74) is 21.7. The van der Waals surface area contributed by atoms with Crippen LogP contribution in [0.4, 0.5) is 0 Å². The lowest BCUT2D eigenvalue weighted by Crippen LogP contribution is -2.50. The quantitative estimate of drug-likeness (QED) is 0.291. The molecule has 112 valence electrons. The molecule has 2 amide bonds. The van der Waals surface area contributed by atoms with E-state index in [0.717, 1.165) is 25.7 Å². The average Bonchev–Trinajstić information content (AvgIpc) is 2.37. The molecule has 0 saturated heterocycles. The summed E-state index contributed by atoms with van der Waals surface area (Å²) >= 11 is 0. The van der Waals surface area contributed by atoms with Crippen molar-refractivity contribution in [2.45, 2.75) is 50.6 Å². The second-order valence-corrected chi connectivity index (χ2v) is 4.64. The van der Waals surface area contributed by atoms with Gasteiger partial charge in [-0.25, -0.2) is 0 Å². The highest BCUT2D eigenvalue weighted by Crippen LogP contribution is 2.02. The summed E-state index contributed by atoms with van der Waals surface area (Å²) < 4.78 is 0. The Balaban J connectivity index is 4.11. The lowest BCUT2D eigenvalue weighted by Gasteiger charge is -2.18. The monoisotopic (exact) mass is 273 g/mol. The number of nitrogens with two attached hydrogens (primary N) is 4. The van der Waals surface area contributed by atoms with Crippen LogP contribution in [-0.2, 0) is 9.59 Å². The molecule has 0 aromatic rings. The number of carbonyl (C=O) groups is 2. The van der Waals surface area contributed by atoms with E-state index in [0.29, 0.717) is 25.9 Å². The van der Waals surface area contributed by atoms with E-state index in [1.165, 1.54) is 0 Å². The first-order valence-electron chi connectivity index (χ1n) is 6.78. The first-order chi connectivity index (χ1) is 9.02. The third-order valence-electron chi connectivity index (χ3n) is 2.91. The normalized spacial score (nSPS) is 13.8. The van der Waals surface area contributed by atoms with Gasteiger partial charge in [-0.05, 0) is 45.2 Å². The van der Waals surface area contributed by atoms with Crippen LogP contribution in [0.1, 0.15) is 38.5 Å². The van der Waals surface area contributed by atoms with Crippen LogP contribution in [-0.4, -0.2) is 37.0 Å². The number of amides is 2. The van der Waals surface area contributed by atoms with E-state index < -0.39 is 18.0 Å². The van der Waals surface area contributed by atoms with Gasteiger partial charge in [-0.3, -0.25) is 9.59 Å². The van der Waals surface area contributed by atoms with Crippen molar-refractivity contribution < 1.29 is 9.59 Å². The molecule has 0 aromatic heterocycles. The second-order valence-electron chi connectivity index (χ2n) is 4.64. The maximum Gasteiger partial charge on any atom is 0.240 e. The van der Waals surface area contributed by atoms with Crippen LogP contribution in [0.5, 0.6) is 0 Å². The van der Waals surface area contributed by atoms with Gasteiger partial charge >= 0.3 is 0 Å². The number of hydrogen-bond acceptors (Lipinski definition) is 5. The Bertz CT molecular complexity index is 273. The fourth-order valence-electron chi connectivity index (χ4n) is 1.70. The molecule has 0 spiro atoms. The van der Waals surface area contributed by atoms with Gasteiger partial charge in [0.1, 0.15) is 6.04 Å². The lowest BCUT2D eigenvalue weighted by atomic mass is 10.1. The highest BCUT2D eigenvalue weighted by Gasteiger charge is 2.21. The van der Waals surface area contributed by atoms with E-state index in [9.17, 15) is 9.59 Å². The molecule has 9 N–H and O–H groups in total. The van der Waals surface area contributed by atoms with Crippen molar-refractivity contribution in [3.05, 3.63) is 0 Å². The summed E-state index contributed by atoms with van der Waals surface area (Å²) in [4.78, 5) is 23.0. The summed E-state index contributed by atoms with van der Waals surface area (Å²) in [5.74, 6) is -0.881. The summed E-state index contributed by atoms with van der Waals surface area (Å²) in [7, 11) is 0. The van der Waals surface area contributed by atoms with Crippen molar-refractivity contribution in [3.8, 4) is 0 Å². The van der Waals surface area contributed by atoms with Gasteiger partial charge in [0.05, 0.1) is 6.04 Å². The molecular weight excluding hydrogens is 246 g/mol. The zero-order valence-electron chi connectivity index (χ0n) is 11.4. The van der Waals surface area contributed by atoms with Crippen molar-refractivity contribution >= 4 is 11.8 Å². The van der Waals surface area contributed by atoms with E-state index >= 15 is 0 Å². The SMILES string of the molecule is NCCCCC(NC(=O)[C@@H](N)CCCCN)C(N)=O. The van der Waals surface area contributed by atoms with E-state index in [4.69, 9.17) is 22.9 Å². The summed E-state index contributed by atoms with van der Waals surface area (Å²) in [6, 6.07) is -1.29. The molecule has 0 heterocycles. The minimum atomic E-state index is -0.667. The summed E-state index contributed by atoms with van der Waals surface area (Å²) in [5, 5.41) is 2.59. The lowest BCUT2D eigenvalue weighted by molar-refractivity contribution is -0.128.